The van der Waals surface area contributed by atoms with E-state index >= 15 is 0 Å². The van der Waals surface area contributed by atoms with Gasteiger partial charge in [-0.1, -0.05) is 35.3 Å². The summed E-state index contributed by atoms with van der Waals surface area (Å²) in [5.74, 6) is -0.184. The minimum Gasteiger partial charge on any atom is -0.307 e. The Morgan fingerprint density at radius 3 is 2.43 bits per heavy atom. The molecule has 6 nitrogen and oxygen atoms in total. The number of carbonyl (C=O) groups excluding carboxylic acids is 1. The Labute approximate surface area is 172 Å². The quantitative estimate of drug-likeness (QED) is 0.640. The van der Waals surface area contributed by atoms with E-state index in [0.29, 0.717) is 21.6 Å². The van der Waals surface area contributed by atoms with Gasteiger partial charge < -0.3 is 5.32 Å². The molecule has 0 saturated heterocycles. The molecular weight excluding hydrogens is 421 g/mol. The molecule has 0 aliphatic heterocycles. The van der Waals surface area contributed by atoms with Crippen LogP contribution in [0.1, 0.15) is 10.4 Å². The molecule has 3 aromatic rings. The fourth-order valence-electron chi connectivity index (χ4n) is 2.40. The van der Waals surface area contributed by atoms with Crippen LogP contribution in [0.4, 0.5) is 11.5 Å². The number of carbonyl (C=O) groups is 1. The van der Waals surface area contributed by atoms with Crippen molar-refractivity contribution < 1.29 is 13.2 Å². The normalized spacial score (nSPS) is 11.1. The maximum atomic E-state index is 12.9. The molecule has 0 fully saturated rings. The molecular formula is C19H15Cl2N3O3S. The predicted octanol–water partition coefficient (Wildman–Crippen LogP) is 4.47. The largest absolute Gasteiger partial charge is 0.307 e. The van der Waals surface area contributed by atoms with Crippen LogP contribution in [0.3, 0.4) is 0 Å². The summed E-state index contributed by atoms with van der Waals surface area (Å²) >= 11 is 11.7. The summed E-state index contributed by atoms with van der Waals surface area (Å²) in [4.78, 5) is 16.4. The van der Waals surface area contributed by atoms with Gasteiger partial charge in [-0.15, -0.1) is 0 Å². The lowest BCUT2D eigenvalue weighted by Crippen LogP contribution is -2.26. The maximum Gasteiger partial charge on any atom is 0.264 e. The zero-order chi connectivity index (χ0) is 20.3. The highest BCUT2D eigenvalue weighted by atomic mass is 35.5. The van der Waals surface area contributed by atoms with E-state index in [2.05, 4.69) is 10.3 Å². The first-order valence-electron chi connectivity index (χ1n) is 8.05. The first-order valence-corrected chi connectivity index (χ1v) is 10.2. The van der Waals surface area contributed by atoms with Crippen LogP contribution in [-0.2, 0) is 10.0 Å². The number of aromatic nitrogens is 1. The van der Waals surface area contributed by atoms with E-state index in [1.54, 1.807) is 36.4 Å². The summed E-state index contributed by atoms with van der Waals surface area (Å²) in [7, 11) is -2.46. The van der Waals surface area contributed by atoms with Crippen molar-refractivity contribution in [3.05, 3.63) is 82.5 Å². The third kappa shape index (κ3) is 4.44. The molecule has 9 heteroatoms. The van der Waals surface area contributed by atoms with Crippen molar-refractivity contribution in [3.63, 3.8) is 0 Å². The standard InChI is InChI=1S/C19H15Cl2N3O3S/c1-24(16-6-3-5-14(20)11-16)28(26,27)17-7-2-4-13(10-17)19(25)23-18-9-8-15(21)12-22-18/h2-12H,1H3,(H,22,23,25). The summed E-state index contributed by atoms with van der Waals surface area (Å²) in [6.45, 7) is 0. The molecule has 144 valence electrons. The van der Waals surface area contributed by atoms with E-state index < -0.39 is 15.9 Å². The average molecular weight is 436 g/mol. The Bertz CT molecular complexity index is 1120. The van der Waals surface area contributed by atoms with Crippen molar-refractivity contribution in [2.45, 2.75) is 4.90 Å². The number of halogens is 2. The third-order valence-electron chi connectivity index (χ3n) is 3.90. The number of amides is 1. The number of hydrogen-bond acceptors (Lipinski definition) is 4. The number of hydrogen-bond donors (Lipinski definition) is 1. The molecule has 1 heterocycles. The van der Waals surface area contributed by atoms with Gasteiger partial charge in [0.05, 0.1) is 15.6 Å². The molecule has 1 amide bonds. The van der Waals surface area contributed by atoms with Gasteiger partial charge in [0.1, 0.15) is 5.82 Å². The van der Waals surface area contributed by atoms with Gasteiger partial charge >= 0.3 is 0 Å². The van der Waals surface area contributed by atoms with Crippen molar-refractivity contribution in [3.8, 4) is 0 Å². The molecule has 0 atom stereocenters. The van der Waals surface area contributed by atoms with Crippen molar-refractivity contribution in [2.24, 2.45) is 0 Å². The molecule has 0 radical (unpaired) electrons. The molecule has 28 heavy (non-hydrogen) atoms. The molecule has 0 bridgehead atoms. The second-order valence-electron chi connectivity index (χ2n) is 5.80. The third-order valence-corrected chi connectivity index (χ3v) is 6.14. The lowest BCUT2D eigenvalue weighted by molar-refractivity contribution is 0.102. The summed E-state index contributed by atoms with van der Waals surface area (Å²) < 4.78 is 27.0. The molecule has 2 aromatic carbocycles. The van der Waals surface area contributed by atoms with Gasteiger partial charge in [-0.3, -0.25) is 9.10 Å². The highest BCUT2D eigenvalue weighted by Gasteiger charge is 2.22. The molecule has 0 unspecified atom stereocenters. The smallest absolute Gasteiger partial charge is 0.264 e. The highest BCUT2D eigenvalue weighted by Crippen LogP contribution is 2.25. The van der Waals surface area contributed by atoms with E-state index in [9.17, 15) is 13.2 Å². The van der Waals surface area contributed by atoms with Gasteiger partial charge in [-0.25, -0.2) is 13.4 Å². The molecule has 0 aliphatic rings. The van der Waals surface area contributed by atoms with Gasteiger partial charge in [0.15, 0.2) is 0 Å². The Morgan fingerprint density at radius 1 is 1.00 bits per heavy atom. The molecule has 0 saturated carbocycles. The van der Waals surface area contributed by atoms with Crippen LogP contribution < -0.4 is 9.62 Å². The van der Waals surface area contributed by atoms with Crippen LogP contribution in [-0.4, -0.2) is 26.4 Å². The number of nitrogens with one attached hydrogen (secondary N) is 1. The first kappa shape index (κ1) is 20.1. The SMILES string of the molecule is CN(c1cccc(Cl)c1)S(=O)(=O)c1cccc(C(=O)Nc2ccc(Cl)cn2)c1. The first-order chi connectivity index (χ1) is 13.3. The minimum absolute atomic E-state index is 0.0216. The van der Waals surface area contributed by atoms with Gasteiger partial charge in [-0.2, -0.15) is 0 Å². The van der Waals surface area contributed by atoms with Crippen LogP contribution >= 0.6 is 23.2 Å². The van der Waals surface area contributed by atoms with Gasteiger partial charge in [0, 0.05) is 23.8 Å². The molecule has 0 spiro atoms. The number of benzene rings is 2. The van der Waals surface area contributed by atoms with Crippen molar-refractivity contribution >= 4 is 50.6 Å². The summed E-state index contributed by atoms with van der Waals surface area (Å²) in [5, 5.41) is 3.46. The van der Waals surface area contributed by atoms with Crippen LogP contribution in [0.15, 0.2) is 71.8 Å². The van der Waals surface area contributed by atoms with Crippen molar-refractivity contribution in [1.82, 2.24) is 4.98 Å². The van der Waals surface area contributed by atoms with Crippen LogP contribution in [0.5, 0.6) is 0 Å². The summed E-state index contributed by atoms with van der Waals surface area (Å²) in [6, 6.07) is 15.4. The van der Waals surface area contributed by atoms with E-state index in [4.69, 9.17) is 23.2 Å². The lowest BCUT2D eigenvalue weighted by atomic mass is 10.2. The number of pyridine rings is 1. The Hall–Kier alpha value is -2.61. The van der Waals surface area contributed by atoms with E-state index in [-0.39, 0.29) is 10.5 Å². The maximum absolute atomic E-state index is 12.9. The van der Waals surface area contributed by atoms with Gasteiger partial charge in [-0.05, 0) is 48.5 Å². The van der Waals surface area contributed by atoms with E-state index in [1.165, 1.54) is 37.5 Å². The molecule has 1 aromatic heterocycles. The minimum atomic E-state index is -3.88. The fraction of sp³-hybridized carbons (Fsp3) is 0.0526. The monoisotopic (exact) mass is 435 g/mol. The van der Waals surface area contributed by atoms with Crippen molar-refractivity contribution in [1.29, 1.82) is 0 Å². The summed E-state index contributed by atoms with van der Waals surface area (Å²) in [6.07, 6.45) is 1.40. The predicted molar refractivity (Wildman–Crippen MR) is 111 cm³/mol. The Morgan fingerprint density at radius 2 is 1.75 bits per heavy atom. The zero-order valence-electron chi connectivity index (χ0n) is 14.6. The zero-order valence-corrected chi connectivity index (χ0v) is 17.0. The Kier molecular flexibility index (Phi) is 5.88. The molecule has 3 rings (SSSR count). The summed E-state index contributed by atoms with van der Waals surface area (Å²) in [5.41, 5.74) is 0.588. The number of rotatable bonds is 5. The second-order valence-corrected chi connectivity index (χ2v) is 8.64. The molecule has 1 N–H and O–H groups in total. The van der Waals surface area contributed by atoms with Gasteiger partial charge in [0.25, 0.3) is 15.9 Å². The van der Waals surface area contributed by atoms with Crippen LogP contribution in [0, 0.1) is 0 Å². The van der Waals surface area contributed by atoms with Crippen LogP contribution in [0.2, 0.25) is 10.0 Å². The Balaban J connectivity index is 1.87. The van der Waals surface area contributed by atoms with E-state index in [0.717, 1.165) is 4.31 Å². The van der Waals surface area contributed by atoms with Crippen molar-refractivity contribution in [2.75, 3.05) is 16.7 Å². The van der Waals surface area contributed by atoms with Gasteiger partial charge in [0.2, 0.25) is 0 Å². The number of sulfonamides is 1. The average Bonchev–Trinajstić information content (AvgIpc) is 2.69. The molecule has 0 aliphatic carbocycles. The van der Waals surface area contributed by atoms with Crippen LogP contribution in [0.25, 0.3) is 0 Å². The number of anilines is 2. The second kappa shape index (κ2) is 8.18. The topological polar surface area (TPSA) is 79.4 Å². The highest BCUT2D eigenvalue weighted by molar-refractivity contribution is 7.92. The number of nitrogens with zero attached hydrogens (tertiary/aromatic N) is 2. The lowest BCUT2D eigenvalue weighted by Gasteiger charge is -2.20. The van der Waals surface area contributed by atoms with E-state index in [1.807, 2.05) is 0 Å². The fourth-order valence-corrected chi connectivity index (χ4v) is 3.94.